The first kappa shape index (κ1) is 27.2. The summed E-state index contributed by atoms with van der Waals surface area (Å²) >= 11 is 8.95. The molecule has 0 atom stereocenters. The van der Waals surface area contributed by atoms with Gasteiger partial charge in [-0.3, -0.25) is 14.2 Å². The molecule has 39 heavy (non-hydrogen) atoms. The molecule has 0 radical (unpaired) electrons. The Kier molecular flexibility index (Phi) is 8.21. The summed E-state index contributed by atoms with van der Waals surface area (Å²) in [6.07, 6.45) is 0.696. The third kappa shape index (κ3) is 6.27. The topological polar surface area (TPSA) is 64.0 Å². The number of carbonyl (C=O) groups is 1. The van der Waals surface area contributed by atoms with Gasteiger partial charge in [0.1, 0.15) is 4.83 Å². The van der Waals surface area contributed by atoms with E-state index in [0.29, 0.717) is 49.6 Å². The van der Waals surface area contributed by atoms with Crippen molar-refractivity contribution in [3.05, 3.63) is 121 Å². The number of hydrogen-bond donors (Lipinski definition) is 1. The minimum atomic E-state index is -0.233. The van der Waals surface area contributed by atoms with Crippen molar-refractivity contribution in [3.63, 3.8) is 0 Å². The molecular formula is C31H28ClN3O2S2. The highest BCUT2D eigenvalue weighted by Gasteiger charge is 2.22. The summed E-state index contributed by atoms with van der Waals surface area (Å²) < 4.78 is 1.75. The number of anilines is 1. The molecule has 0 aliphatic carbocycles. The number of aromatic nitrogens is 2. The van der Waals surface area contributed by atoms with Crippen LogP contribution in [0.2, 0.25) is 5.02 Å². The molecule has 198 valence electrons. The molecule has 0 saturated heterocycles. The number of halogens is 1. The fraction of sp³-hybridized carbons (Fsp3) is 0.194. The largest absolute Gasteiger partial charge is 0.321 e. The summed E-state index contributed by atoms with van der Waals surface area (Å²) in [5, 5.41) is 4.81. The molecule has 5 aromatic rings. The van der Waals surface area contributed by atoms with Gasteiger partial charge in [0.2, 0.25) is 0 Å². The van der Waals surface area contributed by atoms with Crippen molar-refractivity contribution in [3.8, 4) is 0 Å². The van der Waals surface area contributed by atoms with Gasteiger partial charge in [-0.15, -0.1) is 11.3 Å². The van der Waals surface area contributed by atoms with Crippen molar-refractivity contribution in [2.75, 3.05) is 5.32 Å². The molecular weight excluding hydrogens is 546 g/mol. The zero-order valence-corrected chi connectivity index (χ0v) is 24.3. The number of aryl methyl sites for hydroxylation is 4. The van der Waals surface area contributed by atoms with Gasteiger partial charge in [0.05, 0.1) is 10.3 Å². The van der Waals surface area contributed by atoms with Gasteiger partial charge >= 0.3 is 0 Å². The van der Waals surface area contributed by atoms with E-state index in [1.54, 1.807) is 4.57 Å². The maximum Gasteiger partial charge on any atom is 0.266 e. The van der Waals surface area contributed by atoms with Crippen LogP contribution in [0.3, 0.4) is 0 Å². The second-order valence-corrected chi connectivity index (χ2v) is 12.0. The van der Waals surface area contributed by atoms with Crippen molar-refractivity contribution in [1.82, 2.24) is 9.55 Å². The van der Waals surface area contributed by atoms with Crippen molar-refractivity contribution >= 4 is 56.5 Å². The Hall–Kier alpha value is -3.39. The molecule has 1 N–H and O–H groups in total. The highest BCUT2D eigenvalue weighted by molar-refractivity contribution is 7.98. The second kappa shape index (κ2) is 11.8. The molecule has 3 aromatic carbocycles. The quantitative estimate of drug-likeness (QED) is 0.152. The lowest BCUT2D eigenvalue weighted by Gasteiger charge is -2.12. The van der Waals surface area contributed by atoms with Crippen LogP contribution in [0, 0.1) is 20.8 Å². The average molecular weight is 574 g/mol. The summed E-state index contributed by atoms with van der Waals surface area (Å²) in [6.45, 7) is 6.32. The highest BCUT2D eigenvalue weighted by Crippen LogP contribution is 2.31. The standard InChI is InChI=1S/C31H28ClN3O2S2/c1-19-14-20(2)16-25(15-19)33-28(36)27-21(3)26-29(39-27)34-31(38-18-23-10-7-11-24(32)17-23)35(30(26)37)13-12-22-8-5-4-6-9-22/h4-11,14-17H,12-13,18H2,1-3H3,(H,33,36). The SMILES string of the molecule is Cc1cc(C)cc(NC(=O)c2sc3nc(SCc4cccc(Cl)c4)n(CCc4ccccc4)c(=O)c3c2C)c1. The van der Waals surface area contributed by atoms with E-state index >= 15 is 0 Å². The van der Waals surface area contributed by atoms with E-state index < -0.39 is 0 Å². The molecule has 0 aliphatic heterocycles. The molecule has 0 aliphatic rings. The van der Waals surface area contributed by atoms with Crippen molar-refractivity contribution in [2.45, 2.75) is 44.6 Å². The smallest absolute Gasteiger partial charge is 0.266 e. The van der Waals surface area contributed by atoms with Gasteiger partial charge < -0.3 is 5.32 Å². The molecule has 0 bridgehead atoms. The van der Waals surface area contributed by atoms with E-state index in [1.165, 1.54) is 23.1 Å². The number of carbonyl (C=O) groups excluding carboxylic acids is 1. The van der Waals surface area contributed by atoms with Crippen molar-refractivity contribution in [2.24, 2.45) is 0 Å². The number of rotatable bonds is 8. The van der Waals surface area contributed by atoms with Gasteiger partial charge in [0.25, 0.3) is 11.5 Å². The third-order valence-electron chi connectivity index (χ3n) is 6.42. The number of amides is 1. The minimum Gasteiger partial charge on any atom is -0.321 e. The van der Waals surface area contributed by atoms with E-state index in [9.17, 15) is 9.59 Å². The molecule has 2 heterocycles. The molecule has 8 heteroatoms. The normalized spacial score (nSPS) is 11.2. The number of nitrogens with zero attached hydrogens (tertiary/aromatic N) is 2. The van der Waals surface area contributed by atoms with Crippen LogP contribution in [0.4, 0.5) is 5.69 Å². The molecule has 5 nitrogen and oxygen atoms in total. The van der Waals surface area contributed by atoms with Crippen molar-refractivity contribution in [1.29, 1.82) is 0 Å². The van der Waals surface area contributed by atoms with Crippen LogP contribution in [-0.2, 0) is 18.7 Å². The Morgan fingerprint density at radius 3 is 2.41 bits per heavy atom. The zero-order chi connectivity index (χ0) is 27.5. The fourth-order valence-corrected chi connectivity index (χ4v) is 6.92. The molecule has 0 spiro atoms. The lowest BCUT2D eigenvalue weighted by atomic mass is 10.1. The van der Waals surface area contributed by atoms with Crippen LogP contribution in [0.15, 0.2) is 82.7 Å². The van der Waals surface area contributed by atoms with Crippen LogP contribution in [0.5, 0.6) is 0 Å². The summed E-state index contributed by atoms with van der Waals surface area (Å²) in [5.74, 6) is 0.387. The Morgan fingerprint density at radius 1 is 0.974 bits per heavy atom. The van der Waals surface area contributed by atoms with Crippen LogP contribution in [0.1, 0.15) is 37.5 Å². The first-order chi connectivity index (χ1) is 18.8. The number of nitrogens with one attached hydrogen (secondary N) is 1. The molecule has 5 rings (SSSR count). The van der Waals surface area contributed by atoms with Crippen LogP contribution < -0.4 is 10.9 Å². The highest BCUT2D eigenvalue weighted by atomic mass is 35.5. The van der Waals surface area contributed by atoms with Crippen LogP contribution >= 0.6 is 34.7 Å². The lowest BCUT2D eigenvalue weighted by molar-refractivity contribution is 0.103. The van der Waals surface area contributed by atoms with Crippen LogP contribution in [-0.4, -0.2) is 15.5 Å². The Bertz CT molecular complexity index is 1710. The van der Waals surface area contributed by atoms with Gasteiger partial charge in [0, 0.05) is 23.0 Å². The number of benzene rings is 3. The van der Waals surface area contributed by atoms with Gasteiger partial charge in [-0.25, -0.2) is 4.98 Å². The first-order valence-corrected chi connectivity index (χ1v) is 14.8. The van der Waals surface area contributed by atoms with E-state index in [2.05, 4.69) is 23.5 Å². The molecule has 0 unspecified atom stereocenters. The summed E-state index contributed by atoms with van der Waals surface area (Å²) in [5.41, 5.74) is 5.61. The number of hydrogen-bond acceptors (Lipinski definition) is 5. The third-order valence-corrected chi connectivity index (χ3v) is 8.89. The summed E-state index contributed by atoms with van der Waals surface area (Å²) in [7, 11) is 0. The van der Waals surface area contributed by atoms with E-state index in [-0.39, 0.29) is 11.5 Å². The number of fused-ring (bicyclic) bond motifs is 1. The molecule has 2 aromatic heterocycles. The maximum atomic E-state index is 13.9. The lowest BCUT2D eigenvalue weighted by Crippen LogP contribution is -2.24. The number of thioether (sulfide) groups is 1. The molecule has 0 fully saturated rings. The van der Waals surface area contributed by atoms with E-state index in [0.717, 1.165) is 27.9 Å². The second-order valence-electron chi connectivity index (χ2n) is 9.57. The van der Waals surface area contributed by atoms with Gasteiger partial charge in [-0.05, 0) is 79.3 Å². The first-order valence-electron chi connectivity index (χ1n) is 12.6. The van der Waals surface area contributed by atoms with Crippen molar-refractivity contribution < 1.29 is 4.79 Å². The molecule has 1 amide bonds. The summed E-state index contributed by atoms with van der Waals surface area (Å²) in [6, 6.07) is 23.7. The summed E-state index contributed by atoms with van der Waals surface area (Å²) in [4.78, 5) is 33.2. The van der Waals surface area contributed by atoms with Gasteiger partial charge in [-0.2, -0.15) is 0 Å². The predicted octanol–water partition coefficient (Wildman–Crippen LogP) is 7.82. The van der Waals surface area contributed by atoms with Gasteiger partial charge in [-0.1, -0.05) is 71.9 Å². The fourth-order valence-electron chi connectivity index (χ4n) is 4.62. The monoisotopic (exact) mass is 573 g/mol. The van der Waals surface area contributed by atoms with E-state index in [4.69, 9.17) is 16.6 Å². The maximum absolute atomic E-state index is 13.9. The predicted molar refractivity (Wildman–Crippen MR) is 164 cm³/mol. The number of thiophene rings is 1. The Labute approximate surface area is 240 Å². The van der Waals surface area contributed by atoms with Gasteiger partial charge in [0.15, 0.2) is 5.16 Å². The Morgan fingerprint density at radius 2 is 1.69 bits per heavy atom. The van der Waals surface area contributed by atoms with E-state index in [1.807, 2.05) is 75.4 Å². The zero-order valence-electron chi connectivity index (χ0n) is 22.0. The van der Waals surface area contributed by atoms with Crippen LogP contribution in [0.25, 0.3) is 10.2 Å². The Balaban J connectivity index is 1.52. The minimum absolute atomic E-state index is 0.122. The average Bonchev–Trinajstić information content (AvgIpc) is 3.23. The molecule has 0 saturated carbocycles.